The van der Waals surface area contributed by atoms with Crippen LogP contribution in [0.2, 0.25) is 0 Å². The van der Waals surface area contributed by atoms with Crippen LogP contribution in [0.25, 0.3) is 0 Å². The van der Waals surface area contributed by atoms with Gasteiger partial charge in [-0.1, -0.05) is 43.5 Å². The van der Waals surface area contributed by atoms with Crippen LogP contribution in [0.3, 0.4) is 0 Å². The van der Waals surface area contributed by atoms with Crippen molar-refractivity contribution in [2.24, 2.45) is 0 Å². The van der Waals surface area contributed by atoms with E-state index in [2.05, 4.69) is 29.6 Å². The van der Waals surface area contributed by atoms with E-state index in [-0.39, 0.29) is 0 Å². The van der Waals surface area contributed by atoms with Gasteiger partial charge in [0, 0.05) is 6.54 Å². The highest BCUT2D eigenvalue weighted by Crippen LogP contribution is 2.21. The van der Waals surface area contributed by atoms with Gasteiger partial charge in [0.05, 0.1) is 12.7 Å². The summed E-state index contributed by atoms with van der Waals surface area (Å²) in [6.07, 6.45) is 7.06. The molecule has 0 amide bonds. The molecule has 0 aromatic heterocycles. The third kappa shape index (κ3) is 4.14. The lowest BCUT2D eigenvalue weighted by molar-refractivity contribution is 0.0169. The summed E-state index contributed by atoms with van der Waals surface area (Å²) in [5.41, 5.74) is 2.62. The second-order valence-electron chi connectivity index (χ2n) is 4.92. The quantitative estimate of drug-likeness (QED) is 0.843. The molecule has 17 heavy (non-hydrogen) atoms. The highest BCUT2D eigenvalue weighted by molar-refractivity contribution is 5.21. The number of ether oxygens (including phenoxy) is 1. The summed E-state index contributed by atoms with van der Waals surface area (Å²) < 4.78 is 5.95. The molecule has 2 heteroatoms. The Morgan fingerprint density at radius 3 is 2.35 bits per heavy atom. The molecule has 1 aromatic rings. The van der Waals surface area contributed by atoms with E-state index in [9.17, 15) is 0 Å². The third-order valence-corrected chi connectivity index (χ3v) is 3.44. The van der Waals surface area contributed by atoms with Crippen molar-refractivity contribution in [3.63, 3.8) is 0 Å². The molecule has 0 radical (unpaired) electrons. The smallest absolute Gasteiger partial charge is 0.0720 e. The van der Waals surface area contributed by atoms with Crippen LogP contribution in [0, 0.1) is 0 Å². The molecular weight excluding hydrogens is 210 g/mol. The average Bonchev–Trinajstić information content (AvgIpc) is 2.40. The molecule has 0 spiro atoms. The maximum Gasteiger partial charge on any atom is 0.0720 e. The van der Waals surface area contributed by atoms with Gasteiger partial charge >= 0.3 is 0 Å². The van der Waals surface area contributed by atoms with Crippen molar-refractivity contribution < 1.29 is 4.74 Å². The van der Waals surface area contributed by atoms with Gasteiger partial charge in [-0.3, -0.25) is 0 Å². The van der Waals surface area contributed by atoms with Crippen LogP contribution in [0.5, 0.6) is 0 Å². The molecule has 0 atom stereocenters. The minimum absolute atomic E-state index is 0.501. The molecule has 1 aromatic carbocycles. The molecule has 1 aliphatic rings. The number of rotatable bonds is 5. The van der Waals surface area contributed by atoms with Crippen LogP contribution >= 0.6 is 0 Å². The Morgan fingerprint density at radius 1 is 1.06 bits per heavy atom. The first-order valence-electron chi connectivity index (χ1n) is 6.72. The van der Waals surface area contributed by atoms with Crippen LogP contribution in [-0.2, 0) is 17.9 Å². The van der Waals surface area contributed by atoms with E-state index in [1.54, 1.807) is 0 Å². The Morgan fingerprint density at radius 2 is 1.71 bits per heavy atom. The van der Waals surface area contributed by atoms with Crippen molar-refractivity contribution >= 4 is 0 Å². The van der Waals surface area contributed by atoms with Crippen LogP contribution in [0.1, 0.15) is 43.2 Å². The van der Waals surface area contributed by atoms with Gasteiger partial charge in [-0.2, -0.15) is 0 Å². The van der Waals surface area contributed by atoms with Gasteiger partial charge in [0.25, 0.3) is 0 Å². The highest BCUT2D eigenvalue weighted by Gasteiger charge is 2.13. The zero-order chi connectivity index (χ0) is 11.9. The van der Waals surface area contributed by atoms with E-state index < -0.39 is 0 Å². The second kappa shape index (κ2) is 6.77. The predicted octanol–water partition coefficient (Wildman–Crippen LogP) is 3.26. The predicted molar refractivity (Wildman–Crippen MR) is 70.9 cm³/mol. The Labute approximate surface area is 104 Å². The van der Waals surface area contributed by atoms with Gasteiger partial charge in [0.15, 0.2) is 0 Å². The average molecular weight is 233 g/mol. The molecule has 1 fully saturated rings. The van der Waals surface area contributed by atoms with Crippen molar-refractivity contribution in [1.82, 2.24) is 5.32 Å². The standard InChI is InChI=1S/C15H23NO/c1-16-11-13-7-9-14(10-8-13)12-17-15-5-3-2-4-6-15/h7-10,15-16H,2-6,11-12H2,1H3. The molecule has 2 rings (SSSR count). The van der Waals surface area contributed by atoms with Gasteiger partial charge in [-0.15, -0.1) is 0 Å². The van der Waals surface area contributed by atoms with Crippen molar-refractivity contribution in [3.8, 4) is 0 Å². The fourth-order valence-electron chi connectivity index (χ4n) is 2.40. The van der Waals surface area contributed by atoms with E-state index in [0.29, 0.717) is 6.10 Å². The zero-order valence-corrected chi connectivity index (χ0v) is 10.7. The van der Waals surface area contributed by atoms with Gasteiger partial charge in [0.1, 0.15) is 0 Å². The summed E-state index contributed by atoms with van der Waals surface area (Å²) in [7, 11) is 1.97. The molecule has 0 heterocycles. The Bertz CT molecular complexity index is 314. The molecule has 0 saturated heterocycles. The summed E-state index contributed by atoms with van der Waals surface area (Å²) >= 11 is 0. The topological polar surface area (TPSA) is 21.3 Å². The van der Waals surface area contributed by atoms with Crippen molar-refractivity contribution in [1.29, 1.82) is 0 Å². The lowest BCUT2D eigenvalue weighted by Crippen LogP contribution is -2.16. The van der Waals surface area contributed by atoms with Crippen LogP contribution in [0.4, 0.5) is 0 Å². The molecule has 0 unspecified atom stereocenters. The van der Waals surface area contributed by atoms with Gasteiger partial charge < -0.3 is 10.1 Å². The fraction of sp³-hybridized carbons (Fsp3) is 0.600. The van der Waals surface area contributed by atoms with Gasteiger partial charge in [-0.25, -0.2) is 0 Å². The molecular formula is C15H23NO. The normalized spacial score (nSPS) is 17.2. The van der Waals surface area contributed by atoms with Crippen molar-refractivity contribution in [2.75, 3.05) is 7.05 Å². The zero-order valence-electron chi connectivity index (χ0n) is 10.7. The first kappa shape index (κ1) is 12.6. The molecule has 1 aliphatic carbocycles. The molecule has 0 bridgehead atoms. The Hall–Kier alpha value is -0.860. The second-order valence-corrected chi connectivity index (χ2v) is 4.92. The van der Waals surface area contributed by atoms with Crippen molar-refractivity contribution in [2.45, 2.75) is 51.4 Å². The van der Waals surface area contributed by atoms with E-state index in [1.165, 1.54) is 43.2 Å². The SMILES string of the molecule is CNCc1ccc(COC2CCCCC2)cc1. The Kier molecular flexibility index (Phi) is 5.02. The maximum atomic E-state index is 5.95. The Balaban J connectivity index is 1.77. The summed E-state index contributed by atoms with van der Waals surface area (Å²) in [4.78, 5) is 0. The van der Waals surface area contributed by atoms with Gasteiger partial charge in [-0.05, 0) is 31.0 Å². The van der Waals surface area contributed by atoms with E-state index >= 15 is 0 Å². The van der Waals surface area contributed by atoms with Crippen LogP contribution in [0.15, 0.2) is 24.3 Å². The van der Waals surface area contributed by atoms with E-state index in [4.69, 9.17) is 4.74 Å². The number of nitrogens with one attached hydrogen (secondary N) is 1. The largest absolute Gasteiger partial charge is 0.374 e. The fourth-order valence-corrected chi connectivity index (χ4v) is 2.40. The number of hydrogen-bond acceptors (Lipinski definition) is 2. The summed E-state index contributed by atoms with van der Waals surface area (Å²) in [5.74, 6) is 0. The molecule has 1 saturated carbocycles. The summed E-state index contributed by atoms with van der Waals surface area (Å²) in [5, 5.41) is 3.16. The lowest BCUT2D eigenvalue weighted by atomic mass is 9.98. The highest BCUT2D eigenvalue weighted by atomic mass is 16.5. The summed E-state index contributed by atoms with van der Waals surface area (Å²) in [6, 6.07) is 8.71. The minimum atomic E-state index is 0.501. The van der Waals surface area contributed by atoms with Gasteiger partial charge in [0.2, 0.25) is 0 Å². The van der Waals surface area contributed by atoms with Crippen LogP contribution in [-0.4, -0.2) is 13.2 Å². The van der Waals surface area contributed by atoms with E-state index in [0.717, 1.165) is 13.2 Å². The molecule has 2 nitrogen and oxygen atoms in total. The first-order valence-corrected chi connectivity index (χ1v) is 6.72. The molecule has 0 aliphatic heterocycles. The summed E-state index contributed by atoms with van der Waals surface area (Å²) in [6.45, 7) is 1.70. The lowest BCUT2D eigenvalue weighted by Gasteiger charge is -2.22. The van der Waals surface area contributed by atoms with Crippen LogP contribution < -0.4 is 5.32 Å². The molecule has 1 N–H and O–H groups in total. The monoisotopic (exact) mass is 233 g/mol. The number of benzene rings is 1. The maximum absolute atomic E-state index is 5.95. The first-order chi connectivity index (χ1) is 8.38. The third-order valence-electron chi connectivity index (χ3n) is 3.44. The van der Waals surface area contributed by atoms with Crippen molar-refractivity contribution in [3.05, 3.63) is 35.4 Å². The minimum Gasteiger partial charge on any atom is -0.374 e. The van der Waals surface area contributed by atoms with E-state index in [1.807, 2.05) is 7.05 Å². The number of hydrogen-bond donors (Lipinski definition) is 1. The molecule has 94 valence electrons.